The molecule has 0 aromatic rings. The summed E-state index contributed by atoms with van der Waals surface area (Å²) in [5.41, 5.74) is 0. The molecule has 0 aromatic carbocycles. The largest absolute Gasteiger partial charge is 1.00 e. The normalized spacial score (nSPS) is 28.5. The third-order valence-corrected chi connectivity index (χ3v) is 2.44. The molecule has 1 fully saturated rings. The van der Waals surface area contributed by atoms with E-state index in [0.29, 0.717) is 11.8 Å². The summed E-state index contributed by atoms with van der Waals surface area (Å²) >= 11 is 0. The fourth-order valence-corrected chi connectivity index (χ4v) is 1.56. The molecular weight excluding hydrogens is 206 g/mol. The molecule has 1 saturated carbocycles. The van der Waals surface area contributed by atoms with Crippen LogP contribution in [0.25, 0.3) is 0 Å². The standard InChI is InChI=1S/C8H14O2.2K/c9-5-7-1-2-8(6-10)4-3-7;;/h7-8H,1-6H2;;/q-2;2*+1. The molecule has 1 rings (SSSR count). The average molecular weight is 220 g/mol. The van der Waals surface area contributed by atoms with Gasteiger partial charge in [-0.05, 0) is 0 Å². The van der Waals surface area contributed by atoms with Crippen molar-refractivity contribution in [2.75, 3.05) is 13.2 Å². The zero-order chi connectivity index (χ0) is 7.40. The van der Waals surface area contributed by atoms with Gasteiger partial charge in [0.2, 0.25) is 0 Å². The van der Waals surface area contributed by atoms with Crippen LogP contribution in [-0.4, -0.2) is 13.2 Å². The van der Waals surface area contributed by atoms with E-state index < -0.39 is 0 Å². The van der Waals surface area contributed by atoms with E-state index in [1.807, 2.05) is 0 Å². The summed E-state index contributed by atoms with van der Waals surface area (Å²) in [5.74, 6) is 0.755. The van der Waals surface area contributed by atoms with Crippen molar-refractivity contribution in [3.8, 4) is 0 Å². The second kappa shape index (κ2) is 10.7. The van der Waals surface area contributed by atoms with Crippen molar-refractivity contribution in [3.63, 3.8) is 0 Å². The maximum absolute atomic E-state index is 10.4. The Balaban J connectivity index is 0. The molecule has 0 N–H and O–H groups in total. The SMILES string of the molecule is [K+].[K+].[O-]CC1CCC(C[O-])CC1. The van der Waals surface area contributed by atoms with Crippen LogP contribution in [0.15, 0.2) is 0 Å². The minimum Gasteiger partial charge on any atom is -0.854 e. The summed E-state index contributed by atoms with van der Waals surface area (Å²) in [6, 6.07) is 0. The smallest absolute Gasteiger partial charge is 0.854 e. The molecule has 0 aromatic heterocycles. The Hall–Kier alpha value is 3.19. The molecule has 0 spiro atoms. The van der Waals surface area contributed by atoms with Gasteiger partial charge in [0.05, 0.1) is 0 Å². The number of hydrogen-bond acceptors (Lipinski definition) is 2. The summed E-state index contributed by atoms with van der Waals surface area (Å²) < 4.78 is 0. The number of hydrogen-bond donors (Lipinski definition) is 0. The topological polar surface area (TPSA) is 46.1 Å². The minimum absolute atomic E-state index is 0. The Morgan fingerprint density at radius 3 is 1.17 bits per heavy atom. The van der Waals surface area contributed by atoms with Gasteiger partial charge in [0.1, 0.15) is 0 Å². The van der Waals surface area contributed by atoms with E-state index in [2.05, 4.69) is 0 Å². The second-order valence-corrected chi connectivity index (χ2v) is 3.22. The van der Waals surface area contributed by atoms with Gasteiger partial charge in [-0.3, -0.25) is 0 Å². The number of rotatable bonds is 2. The summed E-state index contributed by atoms with van der Waals surface area (Å²) in [4.78, 5) is 0. The van der Waals surface area contributed by atoms with E-state index in [-0.39, 0.29) is 116 Å². The van der Waals surface area contributed by atoms with Gasteiger partial charge in [0.15, 0.2) is 0 Å². The van der Waals surface area contributed by atoms with Crippen LogP contribution < -0.4 is 113 Å². The van der Waals surface area contributed by atoms with E-state index in [0.717, 1.165) is 25.7 Å². The molecule has 0 bridgehead atoms. The van der Waals surface area contributed by atoms with Crippen molar-refractivity contribution in [1.29, 1.82) is 0 Å². The molecule has 0 radical (unpaired) electrons. The van der Waals surface area contributed by atoms with Crippen molar-refractivity contribution < 1.29 is 113 Å². The van der Waals surface area contributed by atoms with Crippen LogP contribution >= 0.6 is 0 Å². The van der Waals surface area contributed by atoms with Crippen molar-refractivity contribution in [3.05, 3.63) is 0 Å². The molecule has 0 heterocycles. The predicted molar refractivity (Wildman–Crippen MR) is 35.2 cm³/mol. The van der Waals surface area contributed by atoms with E-state index >= 15 is 0 Å². The van der Waals surface area contributed by atoms with Crippen LogP contribution in [0.3, 0.4) is 0 Å². The molecule has 1 aliphatic carbocycles. The van der Waals surface area contributed by atoms with Crippen LogP contribution in [-0.2, 0) is 0 Å². The van der Waals surface area contributed by atoms with E-state index in [1.165, 1.54) is 0 Å². The van der Waals surface area contributed by atoms with Gasteiger partial charge in [0, 0.05) is 0 Å². The first-order valence-electron chi connectivity index (χ1n) is 4.03. The van der Waals surface area contributed by atoms with Gasteiger partial charge in [-0.1, -0.05) is 37.5 Å². The zero-order valence-electron chi connectivity index (χ0n) is 8.21. The molecule has 2 nitrogen and oxygen atoms in total. The Labute approximate surface area is 160 Å². The van der Waals surface area contributed by atoms with Gasteiger partial charge in [0.25, 0.3) is 0 Å². The van der Waals surface area contributed by atoms with E-state index in [4.69, 9.17) is 0 Å². The maximum atomic E-state index is 10.4. The molecule has 0 atom stereocenters. The van der Waals surface area contributed by atoms with E-state index in [1.54, 1.807) is 0 Å². The monoisotopic (exact) mass is 220 g/mol. The fraction of sp³-hybridized carbons (Fsp3) is 1.00. The third-order valence-electron chi connectivity index (χ3n) is 2.44. The van der Waals surface area contributed by atoms with Crippen molar-refractivity contribution in [2.45, 2.75) is 25.7 Å². The van der Waals surface area contributed by atoms with E-state index in [9.17, 15) is 10.2 Å². The Morgan fingerprint density at radius 2 is 1.00 bits per heavy atom. The van der Waals surface area contributed by atoms with Crippen LogP contribution in [0.2, 0.25) is 0 Å². The van der Waals surface area contributed by atoms with Crippen LogP contribution in [0.1, 0.15) is 25.7 Å². The molecule has 4 heteroatoms. The molecule has 12 heavy (non-hydrogen) atoms. The third kappa shape index (κ3) is 6.64. The predicted octanol–water partition coefficient (Wildman–Crippen LogP) is -6.48. The second-order valence-electron chi connectivity index (χ2n) is 3.22. The Bertz CT molecular complexity index is 81.1. The maximum Gasteiger partial charge on any atom is 1.00 e. The van der Waals surface area contributed by atoms with Gasteiger partial charge >= 0.3 is 103 Å². The first-order valence-corrected chi connectivity index (χ1v) is 4.03. The van der Waals surface area contributed by atoms with Crippen molar-refractivity contribution >= 4 is 0 Å². The fourth-order valence-electron chi connectivity index (χ4n) is 1.56. The molecule has 0 aliphatic heterocycles. The molecule has 0 amide bonds. The van der Waals surface area contributed by atoms with Crippen molar-refractivity contribution in [2.24, 2.45) is 11.8 Å². The average Bonchev–Trinajstić information content (AvgIpc) is 2.05. The van der Waals surface area contributed by atoms with Crippen LogP contribution in [0.5, 0.6) is 0 Å². The Morgan fingerprint density at radius 1 is 0.750 bits per heavy atom. The van der Waals surface area contributed by atoms with Crippen LogP contribution in [0.4, 0.5) is 0 Å². The van der Waals surface area contributed by atoms with Gasteiger partial charge < -0.3 is 10.2 Å². The first kappa shape index (κ1) is 17.6. The summed E-state index contributed by atoms with van der Waals surface area (Å²) in [5, 5.41) is 20.8. The summed E-state index contributed by atoms with van der Waals surface area (Å²) in [7, 11) is 0. The molecule has 1 aliphatic rings. The molecule has 0 unspecified atom stereocenters. The van der Waals surface area contributed by atoms with Crippen LogP contribution in [0, 0.1) is 11.8 Å². The van der Waals surface area contributed by atoms with Gasteiger partial charge in [-0.25, -0.2) is 0 Å². The molecule has 60 valence electrons. The van der Waals surface area contributed by atoms with Crippen molar-refractivity contribution in [1.82, 2.24) is 0 Å². The Kier molecular flexibility index (Phi) is 15.7. The quantitative estimate of drug-likeness (QED) is 0.435. The minimum atomic E-state index is 0. The van der Waals surface area contributed by atoms with Gasteiger partial charge in [-0.15, -0.1) is 13.2 Å². The molecular formula is C8H14K2O2. The zero-order valence-corrected chi connectivity index (χ0v) is 14.5. The molecule has 0 saturated heterocycles. The first-order chi connectivity index (χ1) is 4.86. The summed E-state index contributed by atoms with van der Waals surface area (Å²) in [6.45, 7) is 0.122. The van der Waals surface area contributed by atoms with Gasteiger partial charge in [-0.2, -0.15) is 0 Å². The summed E-state index contributed by atoms with van der Waals surface area (Å²) in [6.07, 6.45) is 3.99.